The molecule has 0 bridgehead atoms. The molecule has 0 saturated heterocycles. The summed E-state index contributed by atoms with van der Waals surface area (Å²) in [5, 5.41) is 9.09. The Morgan fingerprint density at radius 2 is 2.11 bits per heavy atom. The number of pyridine rings is 1. The summed E-state index contributed by atoms with van der Waals surface area (Å²) >= 11 is 0. The first kappa shape index (κ1) is 14.4. The fourth-order valence-electron chi connectivity index (χ4n) is 2.00. The molecule has 1 aromatic heterocycles. The van der Waals surface area contributed by atoms with Crippen LogP contribution in [0.2, 0.25) is 0 Å². The molecule has 0 fully saturated rings. The molecule has 0 radical (unpaired) electrons. The molecule has 0 aliphatic carbocycles. The van der Waals surface area contributed by atoms with E-state index in [2.05, 4.69) is 4.98 Å². The number of anilines is 1. The molecular weight excluding hydrogens is 230 g/mol. The number of nitrogens with zero attached hydrogens (tertiary/aromatic N) is 2. The third-order valence-corrected chi connectivity index (χ3v) is 2.97. The van der Waals surface area contributed by atoms with Crippen molar-refractivity contribution < 1.29 is 9.90 Å². The summed E-state index contributed by atoms with van der Waals surface area (Å²) in [5.41, 5.74) is 5.91. The van der Waals surface area contributed by atoms with Gasteiger partial charge in [0.05, 0.1) is 6.61 Å². The molecule has 0 aromatic carbocycles. The lowest BCUT2D eigenvalue weighted by Gasteiger charge is -2.29. The van der Waals surface area contributed by atoms with E-state index in [-0.39, 0.29) is 18.6 Å². The van der Waals surface area contributed by atoms with E-state index in [1.54, 1.807) is 23.1 Å². The summed E-state index contributed by atoms with van der Waals surface area (Å²) in [6, 6.07) is 5.11. The van der Waals surface area contributed by atoms with Gasteiger partial charge in [-0.2, -0.15) is 0 Å². The molecule has 5 nitrogen and oxygen atoms in total. The zero-order valence-corrected chi connectivity index (χ0v) is 11.0. The number of carbonyl (C=O) groups excluding carboxylic acids is 1. The lowest BCUT2D eigenvalue weighted by atomic mass is 10.1. The van der Waals surface area contributed by atoms with Gasteiger partial charge in [0, 0.05) is 12.6 Å². The average Bonchev–Trinajstić information content (AvgIpc) is 2.38. The molecule has 0 saturated carbocycles. The van der Waals surface area contributed by atoms with Crippen LogP contribution in [-0.4, -0.2) is 40.1 Å². The smallest absolute Gasteiger partial charge is 0.272 e. The fourth-order valence-corrected chi connectivity index (χ4v) is 2.00. The van der Waals surface area contributed by atoms with Gasteiger partial charge in [-0.05, 0) is 25.0 Å². The van der Waals surface area contributed by atoms with Crippen molar-refractivity contribution in [3.63, 3.8) is 0 Å². The molecule has 18 heavy (non-hydrogen) atoms. The maximum absolute atomic E-state index is 12.3. The van der Waals surface area contributed by atoms with Crippen LogP contribution >= 0.6 is 0 Å². The van der Waals surface area contributed by atoms with E-state index < -0.39 is 0 Å². The van der Waals surface area contributed by atoms with Crippen molar-refractivity contribution in [2.75, 3.05) is 18.9 Å². The van der Waals surface area contributed by atoms with E-state index in [0.29, 0.717) is 18.1 Å². The van der Waals surface area contributed by atoms with Gasteiger partial charge in [-0.3, -0.25) is 4.79 Å². The highest BCUT2D eigenvalue weighted by atomic mass is 16.3. The van der Waals surface area contributed by atoms with Crippen LogP contribution < -0.4 is 5.73 Å². The molecule has 1 amide bonds. The Morgan fingerprint density at radius 1 is 1.44 bits per heavy atom. The normalized spacial score (nSPS) is 10.7. The van der Waals surface area contributed by atoms with Crippen LogP contribution in [0.5, 0.6) is 0 Å². The predicted octanol–water partition coefficient (Wildman–Crippen LogP) is 1.29. The van der Waals surface area contributed by atoms with Crippen molar-refractivity contribution in [3.05, 3.63) is 23.9 Å². The van der Waals surface area contributed by atoms with Gasteiger partial charge in [0.15, 0.2) is 0 Å². The first-order chi connectivity index (χ1) is 8.63. The van der Waals surface area contributed by atoms with E-state index in [1.165, 1.54) is 0 Å². The van der Waals surface area contributed by atoms with Crippen LogP contribution in [-0.2, 0) is 0 Å². The second kappa shape index (κ2) is 6.96. The maximum Gasteiger partial charge on any atom is 0.272 e. The zero-order valence-electron chi connectivity index (χ0n) is 11.0. The largest absolute Gasteiger partial charge is 0.395 e. The lowest BCUT2D eigenvalue weighted by molar-refractivity contribution is 0.0616. The molecule has 100 valence electrons. The zero-order chi connectivity index (χ0) is 13.5. The molecule has 0 aliphatic rings. The Morgan fingerprint density at radius 3 is 2.61 bits per heavy atom. The Balaban J connectivity index is 2.95. The second-order valence-electron chi connectivity index (χ2n) is 4.14. The second-order valence-corrected chi connectivity index (χ2v) is 4.14. The third-order valence-electron chi connectivity index (χ3n) is 2.97. The van der Waals surface area contributed by atoms with E-state index in [0.717, 1.165) is 12.8 Å². The minimum atomic E-state index is -0.176. The number of carbonyl (C=O) groups is 1. The molecule has 0 unspecified atom stereocenters. The number of aliphatic hydroxyl groups excluding tert-OH is 1. The topological polar surface area (TPSA) is 79.5 Å². The number of aliphatic hydroxyl groups is 1. The summed E-state index contributed by atoms with van der Waals surface area (Å²) in [4.78, 5) is 18.0. The van der Waals surface area contributed by atoms with Gasteiger partial charge in [0.1, 0.15) is 11.5 Å². The van der Waals surface area contributed by atoms with Crippen molar-refractivity contribution >= 4 is 11.7 Å². The van der Waals surface area contributed by atoms with Gasteiger partial charge >= 0.3 is 0 Å². The summed E-state index contributed by atoms with van der Waals surface area (Å²) in [7, 11) is 0. The van der Waals surface area contributed by atoms with Crippen molar-refractivity contribution in [1.29, 1.82) is 0 Å². The summed E-state index contributed by atoms with van der Waals surface area (Å²) in [6.07, 6.45) is 1.70. The Hall–Kier alpha value is -1.62. The number of rotatable bonds is 6. The van der Waals surface area contributed by atoms with Crippen LogP contribution in [0.15, 0.2) is 18.2 Å². The number of hydrogen-bond donors (Lipinski definition) is 2. The Kier molecular flexibility index (Phi) is 5.58. The molecule has 3 N–H and O–H groups in total. The van der Waals surface area contributed by atoms with Gasteiger partial charge in [0.2, 0.25) is 0 Å². The number of amides is 1. The van der Waals surface area contributed by atoms with Crippen molar-refractivity contribution in [2.24, 2.45) is 0 Å². The molecule has 0 spiro atoms. The molecule has 1 aromatic rings. The van der Waals surface area contributed by atoms with Crippen molar-refractivity contribution in [2.45, 2.75) is 32.7 Å². The minimum Gasteiger partial charge on any atom is -0.395 e. The molecule has 1 heterocycles. The fraction of sp³-hybridized carbons (Fsp3) is 0.538. The van der Waals surface area contributed by atoms with Gasteiger partial charge in [0.25, 0.3) is 5.91 Å². The first-order valence-corrected chi connectivity index (χ1v) is 6.28. The molecule has 0 atom stereocenters. The minimum absolute atomic E-state index is 0.0510. The van der Waals surface area contributed by atoms with Gasteiger partial charge in [-0.25, -0.2) is 4.98 Å². The van der Waals surface area contributed by atoms with Gasteiger partial charge in [-0.15, -0.1) is 0 Å². The summed E-state index contributed by atoms with van der Waals surface area (Å²) < 4.78 is 0. The number of aromatic nitrogens is 1. The highest BCUT2D eigenvalue weighted by Crippen LogP contribution is 2.13. The molecule has 1 rings (SSSR count). The van der Waals surface area contributed by atoms with Gasteiger partial charge in [-0.1, -0.05) is 19.9 Å². The predicted molar refractivity (Wildman–Crippen MR) is 71.1 cm³/mol. The third kappa shape index (κ3) is 3.43. The molecular formula is C13H21N3O2. The van der Waals surface area contributed by atoms with Crippen LogP contribution in [0.3, 0.4) is 0 Å². The quantitative estimate of drug-likeness (QED) is 0.798. The monoisotopic (exact) mass is 251 g/mol. The van der Waals surface area contributed by atoms with Crippen LogP contribution in [0.1, 0.15) is 37.2 Å². The summed E-state index contributed by atoms with van der Waals surface area (Å²) in [6.45, 7) is 4.32. The van der Waals surface area contributed by atoms with E-state index in [4.69, 9.17) is 10.8 Å². The van der Waals surface area contributed by atoms with Gasteiger partial charge < -0.3 is 15.7 Å². The standard InChI is InChI=1S/C13H21N3O2/c1-3-10(4-2)16(8-9-17)13(18)11-6-5-7-12(14)15-11/h5-7,10,17H,3-4,8-9H2,1-2H3,(H2,14,15). The first-order valence-electron chi connectivity index (χ1n) is 6.28. The Bertz CT molecular complexity index is 392. The lowest BCUT2D eigenvalue weighted by Crippen LogP contribution is -2.42. The Labute approximate surface area is 108 Å². The van der Waals surface area contributed by atoms with Crippen LogP contribution in [0, 0.1) is 0 Å². The maximum atomic E-state index is 12.3. The number of nitrogens with two attached hydrogens (primary N) is 1. The van der Waals surface area contributed by atoms with Crippen molar-refractivity contribution in [3.8, 4) is 0 Å². The van der Waals surface area contributed by atoms with E-state index >= 15 is 0 Å². The van der Waals surface area contributed by atoms with Crippen LogP contribution in [0.25, 0.3) is 0 Å². The SMILES string of the molecule is CCC(CC)N(CCO)C(=O)c1cccc(N)n1. The highest BCUT2D eigenvalue weighted by molar-refractivity contribution is 5.92. The van der Waals surface area contributed by atoms with Crippen molar-refractivity contribution in [1.82, 2.24) is 9.88 Å². The average molecular weight is 251 g/mol. The number of hydrogen-bond acceptors (Lipinski definition) is 4. The van der Waals surface area contributed by atoms with E-state index in [9.17, 15) is 4.79 Å². The highest BCUT2D eigenvalue weighted by Gasteiger charge is 2.22. The molecule has 5 heteroatoms. The summed E-state index contributed by atoms with van der Waals surface area (Å²) in [5.74, 6) is 0.152. The van der Waals surface area contributed by atoms with E-state index in [1.807, 2.05) is 13.8 Å². The van der Waals surface area contributed by atoms with Crippen LogP contribution in [0.4, 0.5) is 5.82 Å². The number of nitrogen functional groups attached to an aromatic ring is 1. The molecule has 0 aliphatic heterocycles.